The van der Waals surface area contributed by atoms with Crippen LogP contribution in [0.2, 0.25) is 0 Å². The lowest BCUT2D eigenvalue weighted by atomic mass is 10.1. The molecule has 16 heavy (non-hydrogen) atoms. The third kappa shape index (κ3) is 4.61. The standard InChI is InChI=1S/C11H20N2O3/c12-9(5-6-10(14)15)11(16)13-7-8-3-1-2-4-8/h8-9H,1-7,12H2,(H,13,16)(H,14,15). The predicted molar refractivity (Wildman–Crippen MR) is 59.8 cm³/mol. The second-order valence-corrected chi connectivity index (χ2v) is 4.43. The van der Waals surface area contributed by atoms with Crippen molar-refractivity contribution in [3.63, 3.8) is 0 Å². The Balaban J connectivity index is 2.15. The fourth-order valence-corrected chi connectivity index (χ4v) is 2.00. The smallest absolute Gasteiger partial charge is 0.303 e. The molecule has 0 heterocycles. The van der Waals surface area contributed by atoms with Crippen molar-refractivity contribution in [3.8, 4) is 0 Å². The van der Waals surface area contributed by atoms with Crippen LogP contribution < -0.4 is 11.1 Å². The van der Waals surface area contributed by atoms with Gasteiger partial charge >= 0.3 is 5.97 Å². The molecule has 0 saturated heterocycles. The normalized spacial score (nSPS) is 18.3. The maximum absolute atomic E-state index is 11.5. The van der Waals surface area contributed by atoms with Crippen molar-refractivity contribution >= 4 is 11.9 Å². The molecule has 0 aromatic heterocycles. The molecule has 0 radical (unpaired) electrons. The largest absolute Gasteiger partial charge is 0.481 e. The summed E-state index contributed by atoms with van der Waals surface area (Å²) in [6, 6.07) is -0.697. The summed E-state index contributed by atoms with van der Waals surface area (Å²) in [6.07, 6.45) is 4.97. The van der Waals surface area contributed by atoms with Crippen molar-refractivity contribution in [1.82, 2.24) is 5.32 Å². The summed E-state index contributed by atoms with van der Waals surface area (Å²) in [7, 11) is 0. The van der Waals surface area contributed by atoms with E-state index in [1.165, 1.54) is 25.7 Å². The summed E-state index contributed by atoms with van der Waals surface area (Å²) in [5, 5.41) is 11.3. The van der Waals surface area contributed by atoms with Gasteiger partial charge in [-0.3, -0.25) is 9.59 Å². The number of carboxylic acid groups (broad SMARTS) is 1. The third-order valence-electron chi connectivity index (χ3n) is 3.05. The maximum atomic E-state index is 11.5. The average Bonchev–Trinajstić information content (AvgIpc) is 2.75. The number of nitrogens with one attached hydrogen (secondary N) is 1. The molecule has 1 saturated carbocycles. The average molecular weight is 228 g/mol. The summed E-state index contributed by atoms with van der Waals surface area (Å²) in [6.45, 7) is 0.680. The number of hydrogen-bond donors (Lipinski definition) is 3. The number of rotatable bonds is 6. The van der Waals surface area contributed by atoms with Crippen LogP contribution in [0.1, 0.15) is 38.5 Å². The van der Waals surface area contributed by atoms with Gasteiger partial charge in [-0.25, -0.2) is 0 Å². The Morgan fingerprint density at radius 3 is 2.56 bits per heavy atom. The SMILES string of the molecule is NC(CCC(=O)O)C(=O)NCC1CCCC1. The first-order valence-corrected chi connectivity index (χ1v) is 5.84. The Bertz CT molecular complexity index is 250. The summed E-state index contributed by atoms with van der Waals surface area (Å²) in [4.78, 5) is 21.8. The van der Waals surface area contributed by atoms with Crippen LogP contribution in [0, 0.1) is 5.92 Å². The highest BCUT2D eigenvalue weighted by Gasteiger charge is 2.18. The zero-order valence-electron chi connectivity index (χ0n) is 9.45. The van der Waals surface area contributed by atoms with Crippen LogP contribution in [0.15, 0.2) is 0 Å². The van der Waals surface area contributed by atoms with E-state index < -0.39 is 12.0 Å². The Kier molecular flexibility index (Phi) is 5.25. The Labute approximate surface area is 95.4 Å². The van der Waals surface area contributed by atoms with Gasteiger partial charge in [-0.2, -0.15) is 0 Å². The van der Waals surface area contributed by atoms with Gasteiger partial charge in [0.05, 0.1) is 6.04 Å². The van der Waals surface area contributed by atoms with E-state index in [4.69, 9.17) is 10.8 Å². The molecule has 0 aliphatic heterocycles. The van der Waals surface area contributed by atoms with E-state index in [1.807, 2.05) is 0 Å². The molecule has 92 valence electrons. The van der Waals surface area contributed by atoms with Crippen molar-refractivity contribution in [2.45, 2.75) is 44.6 Å². The van der Waals surface area contributed by atoms with Gasteiger partial charge in [0.2, 0.25) is 5.91 Å². The molecule has 1 atom stereocenters. The Hall–Kier alpha value is -1.10. The number of carbonyl (C=O) groups excluding carboxylic acids is 1. The second kappa shape index (κ2) is 6.48. The monoisotopic (exact) mass is 228 g/mol. The number of nitrogens with two attached hydrogens (primary N) is 1. The van der Waals surface area contributed by atoms with Gasteiger partial charge in [0.15, 0.2) is 0 Å². The Morgan fingerprint density at radius 1 is 1.38 bits per heavy atom. The topological polar surface area (TPSA) is 92.4 Å². The molecule has 5 heteroatoms. The van der Waals surface area contributed by atoms with Crippen LogP contribution in [0.3, 0.4) is 0 Å². The van der Waals surface area contributed by atoms with Gasteiger partial charge in [0.25, 0.3) is 0 Å². The summed E-state index contributed by atoms with van der Waals surface area (Å²) < 4.78 is 0. The zero-order chi connectivity index (χ0) is 12.0. The highest BCUT2D eigenvalue weighted by Crippen LogP contribution is 2.23. The summed E-state index contributed by atoms with van der Waals surface area (Å²) in [5.74, 6) is -0.567. The number of carboxylic acids is 1. The van der Waals surface area contributed by atoms with E-state index in [9.17, 15) is 9.59 Å². The predicted octanol–water partition coefficient (Wildman–Crippen LogP) is 0.485. The second-order valence-electron chi connectivity index (χ2n) is 4.43. The molecular weight excluding hydrogens is 208 g/mol. The minimum Gasteiger partial charge on any atom is -0.481 e. The molecule has 1 unspecified atom stereocenters. The van der Waals surface area contributed by atoms with Crippen molar-refractivity contribution < 1.29 is 14.7 Å². The molecule has 5 nitrogen and oxygen atoms in total. The molecule has 1 aliphatic carbocycles. The van der Waals surface area contributed by atoms with Crippen LogP contribution in [0.5, 0.6) is 0 Å². The van der Waals surface area contributed by atoms with Gasteiger partial charge in [0, 0.05) is 13.0 Å². The fourth-order valence-electron chi connectivity index (χ4n) is 2.00. The lowest BCUT2D eigenvalue weighted by molar-refractivity contribution is -0.137. The lowest BCUT2D eigenvalue weighted by Gasteiger charge is -2.14. The molecular formula is C11H20N2O3. The Morgan fingerprint density at radius 2 is 2.00 bits per heavy atom. The number of hydrogen-bond acceptors (Lipinski definition) is 3. The lowest BCUT2D eigenvalue weighted by Crippen LogP contribution is -2.42. The van der Waals surface area contributed by atoms with Crippen molar-refractivity contribution in [2.75, 3.05) is 6.54 Å². The highest BCUT2D eigenvalue weighted by molar-refractivity contribution is 5.82. The minimum absolute atomic E-state index is 0.0575. The quantitative estimate of drug-likeness (QED) is 0.616. The first kappa shape index (κ1) is 13.0. The molecule has 1 aliphatic rings. The summed E-state index contributed by atoms with van der Waals surface area (Å²) in [5.41, 5.74) is 5.57. The molecule has 0 aromatic rings. The van der Waals surface area contributed by atoms with Crippen molar-refractivity contribution in [3.05, 3.63) is 0 Å². The molecule has 0 bridgehead atoms. The zero-order valence-corrected chi connectivity index (χ0v) is 9.45. The third-order valence-corrected chi connectivity index (χ3v) is 3.05. The maximum Gasteiger partial charge on any atom is 0.303 e. The van der Waals surface area contributed by atoms with Gasteiger partial charge < -0.3 is 16.2 Å². The van der Waals surface area contributed by atoms with Crippen molar-refractivity contribution in [2.24, 2.45) is 11.7 Å². The van der Waals surface area contributed by atoms with E-state index in [0.29, 0.717) is 12.5 Å². The molecule has 0 spiro atoms. The van der Waals surface area contributed by atoms with E-state index in [0.717, 1.165) is 0 Å². The van der Waals surface area contributed by atoms with Crippen LogP contribution >= 0.6 is 0 Å². The van der Waals surface area contributed by atoms with Crippen LogP contribution in [-0.2, 0) is 9.59 Å². The number of carbonyl (C=O) groups is 2. The van der Waals surface area contributed by atoms with Crippen LogP contribution in [0.25, 0.3) is 0 Å². The first-order chi connectivity index (χ1) is 7.59. The van der Waals surface area contributed by atoms with E-state index >= 15 is 0 Å². The molecule has 4 N–H and O–H groups in total. The van der Waals surface area contributed by atoms with Gasteiger partial charge in [-0.15, -0.1) is 0 Å². The molecule has 1 rings (SSSR count). The van der Waals surface area contributed by atoms with E-state index in [1.54, 1.807) is 0 Å². The van der Waals surface area contributed by atoms with E-state index in [2.05, 4.69) is 5.32 Å². The minimum atomic E-state index is -0.918. The van der Waals surface area contributed by atoms with Crippen LogP contribution in [-0.4, -0.2) is 29.6 Å². The summed E-state index contributed by atoms with van der Waals surface area (Å²) >= 11 is 0. The van der Waals surface area contributed by atoms with E-state index in [-0.39, 0.29) is 18.7 Å². The molecule has 1 amide bonds. The first-order valence-electron chi connectivity index (χ1n) is 5.84. The highest BCUT2D eigenvalue weighted by atomic mass is 16.4. The van der Waals surface area contributed by atoms with Crippen LogP contribution in [0.4, 0.5) is 0 Å². The number of amides is 1. The van der Waals surface area contributed by atoms with Gasteiger partial charge in [-0.05, 0) is 25.2 Å². The number of aliphatic carboxylic acids is 1. The van der Waals surface area contributed by atoms with Gasteiger partial charge in [-0.1, -0.05) is 12.8 Å². The molecule has 0 aromatic carbocycles. The van der Waals surface area contributed by atoms with Crippen molar-refractivity contribution in [1.29, 1.82) is 0 Å². The molecule has 1 fully saturated rings. The fraction of sp³-hybridized carbons (Fsp3) is 0.818. The van der Waals surface area contributed by atoms with Gasteiger partial charge in [0.1, 0.15) is 0 Å².